The maximum Gasteiger partial charge on any atom is 0.290 e. The highest BCUT2D eigenvalue weighted by Crippen LogP contribution is 2.11. The fourth-order valence-electron chi connectivity index (χ4n) is 2.25. The molecule has 0 aliphatic rings. The van der Waals surface area contributed by atoms with E-state index in [1.54, 1.807) is 32.2 Å². The van der Waals surface area contributed by atoms with Gasteiger partial charge in [-0.15, -0.1) is 10.2 Å². The number of methoxy groups -OCH3 is 1. The Morgan fingerprint density at radius 1 is 1.30 bits per heavy atom. The van der Waals surface area contributed by atoms with E-state index in [0.29, 0.717) is 11.4 Å². The van der Waals surface area contributed by atoms with Crippen molar-refractivity contribution in [1.29, 1.82) is 0 Å². The largest absolute Gasteiger partial charge is 0.497 e. The molecule has 1 amide bonds. The molecule has 0 saturated carbocycles. The van der Waals surface area contributed by atoms with Gasteiger partial charge >= 0.3 is 0 Å². The molecule has 27 heavy (non-hydrogen) atoms. The van der Waals surface area contributed by atoms with Crippen molar-refractivity contribution in [3.05, 3.63) is 63.3 Å². The molecule has 138 valence electrons. The van der Waals surface area contributed by atoms with Crippen LogP contribution in [0.3, 0.4) is 0 Å². The molecule has 10 heteroatoms. The summed E-state index contributed by atoms with van der Waals surface area (Å²) in [6, 6.07) is 8.76. The molecule has 0 atom stereocenters. The van der Waals surface area contributed by atoms with E-state index in [0.717, 1.165) is 5.56 Å². The quantitative estimate of drug-likeness (QED) is 0.506. The molecule has 10 nitrogen and oxygen atoms in total. The Labute approximate surface area is 153 Å². The van der Waals surface area contributed by atoms with Crippen molar-refractivity contribution in [2.45, 2.75) is 13.8 Å². The van der Waals surface area contributed by atoms with Gasteiger partial charge < -0.3 is 4.74 Å². The Hall–Kier alpha value is -3.82. The van der Waals surface area contributed by atoms with Crippen molar-refractivity contribution in [1.82, 2.24) is 30.4 Å². The van der Waals surface area contributed by atoms with E-state index in [2.05, 4.69) is 30.8 Å². The van der Waals surface area contributed by atoms with Crippen molar-refractivity contribution >= 4 is 12.1 Å². The van der Waals surface area contributed by atoms with Gasteiger partial charge in [-0.1, -0.05) is 12.1 Å². The molecule has 0 aliphatic heterocycles. The third-order valence-electron chi connectivity index (χ3n) is 3.59. The minimum Gasteiger partial charge on any atom is -0.497 e. The van der Waals surface area contributed by atoms with Crippen molar-refractivity contribution < 1.29 is 9.53 Å². The van der Waals surface area contributed by atoms with E-state index in [9.17, 15) is 9.59 Å². The molecule has 3 aromatic rings. The number of aryl methyl sites for hydroxylation is 2. The molecular formula is C17H17N7O3. The first-order valence-electron chi connectivity index (χ1n) is 7.96. The number of amides is 1. The molecule has 0 bridgehead atoms. The predicted molar refractivity (Wildman–Crippen MR) is 97.3 cm³/mol. The number of carbonyl (C=O) groups excluding carboxylic acids is 1. The molecule has 0 radical (unpaired) electrons. The monoisotopic (exact) mass is 367 g/mol. The highest BCUT2D eigenvalue weighted by Gasteiger charge is 2.17. The van der Waals surface area contributed by atoms with E-state index in [1.807, 2.05) is 12.1 Å². The maximum absolute atomic E-state index is 12.5. The molecule has 0 aliphatic carbocycles. The summed E-state index contributed by atoms with van der Waals surface area (Å²) in [6.07, 6.45) is 1.49. The zero-order valence-corrected chi connectivity index (χ0v) is 14.9. The smallest absolute Gasteiger partial charge is 0.290 e. The number of H-pyrrole nitrogens is 1. The molecular weight excluding hydrogens is 350 g/mol. The van der Waals surface area contributed by atoms with Crippen LogP contribution in [0, 0.1) is 13.8 Å². The fraction of sp³-hybridized carbons (Fsp3) is 0.176. The van der Waals surface area contributed by atoms with Crippen LogP contribution in [-0.2, 0) is 0 Å². The summed E-state index contributed by atoms with van der Waals surface area (Å²) in [4.78, 5) is 26.7. The standard InChI is InChI=1S/C17H17N7O3/c1-10-7-14(24(23-10)17-19-15(25)11(2)20-22-17)16(26)21-18-9-12-5-4-6-13(8-12)27-3/h4-9H,1-3H3,(H,21,26)(H,19,22,25)/b18-9-. The lowest BCUT2D eigenvalue weighted by molar-refractivity contribution is 0.0947. The van der Waals surface area contributed by atoms with Crippen LogP contribution in [0.5, 0.6) is 5.75 Å². The third-order valence-corrected chi connectivity index (χ3v) is 3.59. The average molecular weight is 367 g/mol. The van der Waals surface area contributed by atoms with Crippen molar-refractivity contribution in [2.24, 2.45) is 5.10 Å². The Kier molecular flexibility index (Phi) is 5.06. The summed E-state index contributed by atoms with van der Waals surface area (Å²) < 4.78 is 6.34. The first kappa shape index (κ1) is 18.0. The molecule has 1 aromatic carbocycles. The van der Waals surface area contributed by atoms with Gasteiger partial charge in [-0.25, -0.2) is 5.43 Å². The number of ether oxygens (including phenoxy) is 1. The Bertz CT molecular complexity index is 1070. The Morgan fingerprint density at radius 3 is 2.85 bits per heavy atom. The molecule has 0 fully saturated rings. The summed E-state index contributed by atoms with van der Waals surface area (Å²) >= 11 is 0. The zero-order valence-electron chi connectivity index (χ0n) is 14.9. The lowest BCUT2D eigenvalue weighted by Gasteiger charge is -2.04. The summed E-state index contributed by atoms with van der Waals surface area (Å²) in [6.45, 7) is 3.25. The highest BCUT2D eigenvalue weighted by atomic mass is 16.5. The van der Waals surface area contributed by atoms with Gasteiger partial charge in [0.2, 0.25) is 0 Å². The van der Waals surface area contributed by atoms with E-state index in [4.69, 9.17) is 4.74 Å². The van der Waals surface area contributed by atoms with Crippen LogP contribution in [0.25, 0.3) is 5.95 Å². The van der Waals surface area contributed by atoms with Crippen LogP contribution < -0.4 is 15.7 Å². The van der Waals surface area contributed by atoms with Crippen LogP contribution in [-0.4, -0.2) is 44.2 Å². The van der Waals surface area contributed by atoms with E-state index in [-0.39, 0.29) is 17.3 Å². The number of hydrazone groups is 1. The van der Waals surface area contributed by atoms with Gasteiger partial charge in [0.15, 0.2) is 0 Å². The van der Waals surface area contributed by atoms with Gasteiger partial charge in [0.05, 0.1) is 19.0 Å². The summed E-state index contributed by atoms with van der Waals surface area (Å²) in [5, 5.41) is 15.7. The fourth-order valence-corrected chi connectivity index (χ4v) is 2.25. The molecule has 0 saturated heterocycles. The minimum atomic E-state index is -0.516. The number of hydrogen-bond acceptors (Lipinski definition) is 7. The van der Waals surface area contributed by atoms with Gasteiger partial charge in [0.25, 0.3) is 17.4 Å². The van der Waals surface area contributed by atoms with Gasteiger partial charge in [0.1, 0.15) is 17.1 Å². The molecule has 2 heterocycles. The number of aromatic nitrogens is 5. The molecule has 0 spiro atoms. The number of rotatable bonds is 5. The first-order valence-corrected chi connectivity index (χ1v) is 7.96. The second kappa shape index (κ2) is 7.60. The Morgan fingerprint density at radius 2 is 2.11 bits per heavy atom. The van der Waals surface area contributed by atoms with Crippen molar-refractivity contribution in [3.63, 3.8) is 0 Å². The first-order chi connectivity index (χ1) is 13.0. The van der Waals surface area contributed by atoms with Crippen LogP contribution in [0.15, 0.2) is 40.2 Å². The maximum atomic E-state index is 12.5. The molecule has 0 unspecified atom stereocenters. The second-order valence-electron chi connectivity index (χ2n) is 5.62. The summed E-state index contributed by atoms with van der Waals surface area (Å²) in [7, 11) is 1.57. The summed E-state index contributed by atoms with van der Waals surface area (Å²) in [5.74, 6) is 0.208. The average Bonchev–Trinajstić information content (AvgIpc) is 3.06. The van der Waals surface area contributed by atoms with Crippen LogP contribution >= 0.6 is 0 Å². The number of nitrogens with zero attached hydrogens (tertiary/aromatic N) is 5. The molecule has 2 N–H and O–H groups in total. The van der Waals surface area contributed by atoms with E-state index in [1.165, 1.54) is 17.8 Å². The second-order valence-corrected chi connectivity index (χ2v) is 5.62. The van der Waals surface area contributed by atoms with Crippen molar-refractivity contribution in [2.75, 3.05) is 7.11 Å². The predicted octanol–water partition coefficient (Wildman–Crippen LogP) is 0.740. The third kappa shape index (κ3) is 4.06. The lowest BCUT2D eigenvalue weighted by atomic mass is 10.2. The van der Waals surface area contributed by atoms with Gasteiger partial charge in [0, 0.05) is 0 Å². The normalized spacial score (nSPS) is 10.9. The van der Waals surface area contributed by atoms with E-state index < -0.39 is 11.5 Å². The van der Waals surface area contributed by atoms with Crippen LogP contribution in [0.4, 0.5) is 0 Å². The van der Waals surface area contributed by atoms with Crippen LogP contribution in [0.1, 0.15) is 27.4 Å². The van der Waals surface area contributed by atoms with Gasteiger partial charge in [-0.05, 0) is 37.6 Å². The topological polar surface area (TPSA) is 127 Å². The van der Waals surface area contributed by atoms with Gasteiger partial charge in [-0.3, -0.25) is 14.6 Å². The number of nitrogens with one attached hydrogen (secondary N) is 2. The molecule has 3 rings (SSSR count). The minimum absolute atomic E-state index is 0.0422. The van der Waals surface area contributed by atoms with E-state index >= 15 is 0 Å². The number of hydrogen-bond donors (Lipinski definition) is 2. The Balaban J connectivity index is 1.82. The number of benzene rings is 1. The molecule has 2 aromatic heterocycles. The van der Waals surface area contributed by atoms with Gasteiger partial charge in [-0.2, -0.15) is 14.9 Å². The summed E-state index contributed by atoms with van der Waals surface area (Å²) in [5.41, 5.74) is 3.72. The highest BCUT2D eigenvalue weighted by molar-refractivity contribution is 5.94. The zero-order chi connectivity index (χ0) is 19.4. The lowest BCUT2D eigenvalue weighted by Crippen LogP contribution is -2.24. The number of carbonyl (C=O) groups is 1. The van der Waals surface area contributed by atoms with Crippen molar-refractivity contribution in [3.8, 4) is 11.7 Å². The van der Waals surface area contributed by atoms with Crippen LogP contribution in [0.2, 0.25) is 0 Å². The number of aromatic amines is 1. The SMILES string of the molecule is COc1cccc(/C=N\NC(=O)c2cc(C)nn2-c2nnc(C)c(=O)[nH]2)c1.